The van der Waals surface area contributed by atoms with Crippen molar-refractivity contribution >= 4 is 9.84 Å². The van der Waals surface area contributed by atoms with E-state index in [0.717, 1.165) is 6.54 Å². The molecule has 3 nitrogen and oxygen atoms in total. The van der Waals surface area contributed by atoms with Crippen LogP contribution in [0.5, 0.6) is 0 Å². The summed E-state index contributed by atoms with van der Waals surface area (Å²) >= 11 is 0. The van der Waals surface area contributed by atoms with Crippen molar-refractivity contribution in [2.45, 2.75) is 27.2 Å². The lowest BCUT2D eigenvalue weighted by atomic mass is 10.2. The average molecular weight is 207 g/mol. The molecule has 0 atom stereocenters. The van der Waals surface area contributed by atoms with Gasteiger partial charge in [0.15, 0.2) is 9.84 Å². The maximum atomic E-state index is 11.2. The summed E-state index contributed by atoms with van der Waals surface area (Å²) in [6.07, 6.45) is 0.715. The fraction of sp³-hybridized carbons (Fsp3) is 1.00. The van der Waals surface area contributed by atoms with Crippen molar-refractivity contribution in [1.82, 2.24) is 5.32 Å². The molecule has 0 unspecified atom stereocenters. The van der Waals surface area contributed by atoms with Gasteiger partial charge >= 0.3 is 0 Å². The second kappa shape index (κ2) is 6.38. The summed E-state index contributed by atoms with van der Waals surface area (Å²) in [7, 11) is -2.79. The predicted octanol–water partition coefficient (Wildman–Crippen LogP) is 1.06. The Morgan fingerprint density at radius 3 is 2.31 bits per heavy atom. The van der Waals surface area contributed by atoms with Crippen LogP contribution in [0.4, 0.5) is 0 Å². The van der Waals surface area contributed by atoms with Gasteiger partial charge in [-0.25, -0.2) is 8.42 Å². The minimum absolute atomic E-state index is 0.271. The summed E-state index contributed by atoms with van der Waals surface area (Å²) in [5, 5.41) is 3.12. The molecule has 0 aliphatic heterocycles. The third kappa shape index (κ3) is 8.25. The third-order valence-corrected chi connectivity index (χ3v) is 3.51. The van der Waals surface area contributed by atoms with E-state index < -0.39 is 9.84 Å². The van der Waals surface area contributed by atoms with E-state index >= 15 is 0 Å². The zero-order valence-corrected chi connectivity index (χ0v) is 9.65. The molecule has 0 fully saturated rings. The zero-order chi connectivity index (χ0) is 10.3. The highest BCUT2D eigenvalue weighted by molar-refractivity contribution is 7.91. The van der Waals surface area contributed by atoms with Crippen molar-refractivity contribution in [2.75, 3.05) is 24.6 Å². The lowest BCUT2D eigenvalue weighted by Crippen LogP contribution is -2.27. The second-order valence-electron chi connectivity index (χ2n) is 3.75. The molecular formula is C9H21NO2S. The monoisotopic (exact) mass is 207 g/mol. The number of hydrogen-bond acceptors (Lipinski definition) is 3. The lowest BCUT2D eigenvalue weighted by Gasteiger charge is -2.07. The minimum atomic E-state index is -2.79. The number of nitrogens with one attached hydrogen (secondary N) is 1. The van der Waals surface area contributed by atoms with Crippen molar-refractivity contribution < 1.29 is 8.42 Å². The molecule has 0 aliphatic carbocycles. The second-order valence-corrected chi connectivity index (χ2v) is 6.05. The van der Waals surface area contributed by atoms with Crippen LogP contribution in [0.25, 0.3) is 0 Å². The van der Waals surface area contributed by atoms with E-state index in [4.69, 9.17) is 0 Å². The first kappa shape index (κ1) is 12.9. The molecule has 0 saturated carbocycles. The van der Waals surface area contributed by atoms with Gasteiger partial charge in [-0.15, -0.1) is 0 Å². The minimum Gasteiger partial charge on any atom is -0.315 e. The first-order chi connectivity index (χ1) is 5.98. The van der Waals surface area contributed by atoms with E-state index in [9.17, 15) is 8.42 Å². The SMILES string of the molecule is CCCS(=O)(=O)CCNCC(C)C. The number of rotatable bonds is 7. The molecule has 0 bridgehead atoms. The highest BCUT2D eigenvalue weighted by Gasteiger charge is 2.07. The molecule has 0 rings (SSSR count). The van der Waals surface area contributed by atoms with Crippen molar-refractivity contribution in [3.8, 4) is 0 Å². The smallest absolute Gasteiger partial charge is 0.151 e. The molecule has 0 heterocycles. The molecule has 0 amide bonds. The Hall–Kier alpha value is -0.0900. The number of hydrogen-bond donors (Lipinski definition) is 1. The van der Waals surface area contributed by atoms with E-state index in [0.29, 0.717) is 24.6 Å². The fourth-order valence-electron chi connectivity index (χ4n) is 1.03. The summed E-state index contributed by atoms with van der Waals surface area (Å²) in [6, 6.07) is 0. The number of sulfone groups is 1. The Balaban J connectivity index is 3.53. The molecule has 0 saturated heterocycles. The molecule has 0 aliphatic rings. The van der Waals surface area contributed by atoms with Gasteiger partial charge in [-0.1, -0.05) is 20.8 Å². The van der Waals surface area contributed by atoms with Crippen LogP contribution in [0.2, 0.25) is 0 Å². The van der Waals surface area contributed by atoms with Crippen molar-refractivity contribution in [3.05, 3.63) is 0 Å². The summed E-state index contributed by atoms with van der Waals surface area (Å²) in [6.45, 7) is 7.57. The van der Waals surface area contributed by atoms with E-state index in [1.807, 2.05) is 6.92 Å². The van der Waals surface area contributed by atoms with Gasteiger partial charge in [-0.2, -0.15) is 0 Å². The van der Waals surface area contributed by atoms with Crippen LogP contribution < -0.4 is 5.32 Å². The first-order valence-corrected chi connectivity index (χ1v) is 6.71. The first-order valence-electron chi connectivity index (χ1n) is 4.89. The van der Waals surface area contributed by atoms with Gasteiger partial charge in [0.05, 0.1) is 5.75 Å². The zero-order valence-electron chi connectivity index (χ0n) is 8.84. The molecule has 1 N–H and O–H groups in total. The van der Waals surface area contributed by atoms with Crippen molar-refractivity contribution in [2.24, 2.45) is 5.92 Å². The van der Waals surface area contributed by atoms with Gasteiger partial charge in [0.2, 0.25) is 0 Å². The van der Waals surface area contributed by atoms with E-state index in [1.54, 1.807) is 0 Å². The van der Waals surface area contributed by atoms with Gasteiger partial charge < -0.3 is 5.32 Å². The van der Waals surface area contributed by atoms with Crippen LogP contribution in [0.1, 0.15) is 27.2 Å². The molecule has 13 heavy (non-hydrogen) atoms. The van der Waals surface area contributed by atoms with Crippen LogP contribution in [0.3, 0.4) is 0 Å². The maximum absolute atomic E-state index is 11.2. The summed E-state index contributed by atoms with van der Waals surface area (Å²) in [5.74, 6) is 1.16. The quantitative estimate of drug-likeness (QED) is 0.635. The Bertz CT molecular complexity index is 210. The van der Waals surface area contributed by atoms with E-state index in [2.05, 4.69) is 19.2 Å². The standard InChI is InChI=1S/C9H21NO2S/c1-4-6-13(11,12)7-5-10-8-9(2)3/h9-10H,4-8H2,1-3H3. The summed E-state index contributed by atoms with van der Waals surface area (Å²) < 4.78 is 22.5. The predicted molar refractivity (Wildman–Crippen MR) is 56.7 cm³/mol. The normalized spacial score (nSPS) is 12.3. The molecule has 0 aromatic heterocycles. The highest BCUT2D eigenvalue weighted by atomic mass is 32.2. The topological polar surface area (TPSA) is 46.2 Å². The van der Waals surface area contributed by atoms with E-state index in [-0.39, 0.29) is 5.75 Å². The maximum Gasteiger partial charge on any atom is 0.151 e. The van der Waals surface area contributed by atoms with Crippen LogP contribution in [0.15, 0.2) is 0 Å². The van der Waals surface area contributed by atoms with Gasteiger partial charge in [0, 0.05) is 12.3 Å². The Kier molecular flexibility index (Phi) is 6.33. The van der Waals surface area contributed by atoms with Crippen LogP contribution in [-0.4, -0.2) is 33.0 Å². The van der Waals surface area contributed by atoms with Crippen molar-refractivity contribution in [1.29, 1.82) is 0 Å². The van der Waals surface area contributed by atoms with Gasteiger partial charge in [-0.3, -0.25) is 0 Å². The fourth-order valence-corrected chi connectivity index (χ4v) is 2.31. The molecule has 0 aromatic rings. The Morgan fingerprint density at radius 2 is 1.85 bits per heavy atom. The third-order valence-electron chi connectivity index (χ3n) is 1.66. The molecule has 0 radical (unpaired) electrons. The van der Waals surface area contributed by atoms with E-state index in [1.165, 1.54) is 0 Å². The Morgan fingerprint density at radius 1 is 1.23 bits per heavy atom. The van der Waals surface area contributed by atoms with Crippen molar-refractivity contribution in [3.63, 3.8) is 0 Å². The molecule has 4 heteroatoms. The van der Waals surface area contributed by atoms with Crippen LogP contribution >= 0.6 is 0 Å². The molecular weight excluding hydrogens is 186 g/mol. The lowest BCUT2D eigenvalue weighted by molar-refractivity contribution is 0.557. The van der Waals surface area contributed by atoms with Gasteiger partial charge in [0.1, 0.15) is 0 Å². The molecule has 80 valence electrons. The molecule has 0 aromatic carbocycles. The average Bonchev–Trinajstić information content (AvgIpc) is 1.98. The summed E-state index contributed by atoms with van der Waals surface area (Å²) in [4.78, 5) is 0. The Labute approximate surface area is 81.8 Å². The largest absolute Gasteiger partial charge is 0.315 e. The highest BCUT2D eigenvalue weighted by Crippen LogP contribution is 1.93. The summed E-state index contributed by atoms with van der Waals surface area (Å²) in [5.41, 5.74) is 0. The van der Waals surface area contributed by atoms with Gasteiger partial charge in [-0.05, 0) is 18.9 Å². The van der Waals surface area contributed by atoms with Gasteiger partial charge in [0.25, 0.3) is 0 Å². The van der Waals surface area contributed by atoms with Crippen LogP contribution in [-0.2, 0) is 9.84 Å². The molecule has 0 spiro atoms. The van der Waals surface area contributed by atoms with Crippen LogP contribution in [0, 0.1) is 5.92 Å².